The molecular formula is C13H14B2. The van der Waals surface area contributed by atoms with E-state index in [-0.39, 0.29) is 0 Å². The largest absolute Gasteiger partial charge is 0.0985 e. The quantitative estimate of drug-likeness (QED) is 0.589. The molecule has 0 nitrogen and oxygen atoms in total. The highest BCUT2D eigenvalue weighted by atomic mass is 14.3. The van der Waals surface area contributed by atoms with Crippen LogP contribution in [0.1, 0.15) is 13.8 Å². The lowest BCUT2D eigenvalue weighted by Gasteiger charge is -2.22. The molecule has 0 amide bonds. The summed E-state index contributed by atoms with van der Waals surface area (Å²) in [5.74, 6) is 0. The molecule has 1 rings (SSSR count). The van der Waals surface area contributed by atoms with E-state index in [9.17, 15) is 0 Å². The second-order valence-corrected chi connectivity index (χ2v) is 3.70. The summed E-state index contributed by atoms with van der Waals surface area (Å²) in [6.07, 6.45) is 7.63. The zero-order valence-corrected chi connectivity index (χ0v) is 9.38. The molecule has 0 N–H and O–H groups in total. The summed E-state index contributed by atoms with van der Waals surface area (Å²) in [5.41, 5.74) is 3.62. The van der Waals surface area contributed by atoms with Crippen molar-refractivity contribution < 1.29 is 0 Å². The van der Waals surface area contributed by atoms with E-state index in [1.807, 2.05) is 32.1 Å². The predicted molar refractivity (Wildman–Crippen MR) is 69.1 cm³/mol. The van der Waals surface area contributed by atoms with Gasteiger partial charge in [0.05, 0.1) is 15.7 Å². The normalized spacial score (nSPS) is 23.1. The molecule has 1 aliphatic carbocycles. The number of rotatable bonds is 2. The first-order valence-corrected chi connectivity index (χ1v) is 4.91. The van der Waals surface area contributed by atoms with E-state index in [1.165, 1.54) is 0 Å². The molecule has 0 aromatic heterocycles. The second-order valence-electron chi connectivity index (χ2n) is 3.70. The Kier molecular flexibility index (Phi) is 3.28. The molecule has 0 atom stereocenters. The van der Waals surface area contributed by atoms with Crippen LogP contribution in [-0.4, -0.2) is 15.7 Å². The number of allylic oxidation sites excluding steroid dienone is 8. The van der Waals surface area contributed by atoms with Crippen molar-refractivity contribution in [2.45, 2.75) is 19.1 Å². The molecule has 2 heteroatoms. The lowest BCUT2D eigenvalue weighted by Crippen LogP contribution is -2.12. The van der Waals surface area contributed by atoms with E-state index in [4.69, 9.17) is 15.7 Å². The summed E-state index contributed by atoms with van der Waals surface area (Å²) in [6.45, 7) is 11.6. The Morgan fingerprint density at radius 1 is 1.33 bits per heavy atom. The summed E-state index contributed by atoms with van der Waals surface area (Å²) in [4.78, 5) is 0. The predicted octanol–water partition coefficient (Wildman–Crippen LogP) is 3.01. The van der Waals surface area contributed by atoms with Crippen LogP contribution in [-0.2, 0) is 0 Å². The van der Waals surface area contributed by atoms with Crippen LogP contribution in [0.5, 0.6) is 0 Å². The van der Waals surface area contributed by atoms with E-state index in [0.29, 0.717) is 0 Å². The standard InChI is InChI=1S/C13H14B2/c1-5-7-8-12-10(4)13(14,15)9(3)11(12)6-2/h5-8H,2,4H2,1,3H3/b7-5-,12-8+. The van der Waals surface area contributed by atoms with Gasteiger partial charge in [0, 0.05) is 0 Å². The molecule has 0 bridgehead atoms. The molecule has 0 saturated heterocycles. The molecule has 72 valence electrons. The van der Waals surface area contributed by atoms with Crippen LogP contribution in [0.15, 0.2) is 59.8 Å². The first-order chi connectivity index (χ1) is 6.96. The zero-order valence-electron chi connectivity index (χ0n) is 9.38. The van der Waals surface area contributed by atoms with Crippen molar-refractivity contribution in [1.29, 1.82) is 0 Å². The molecule has 0 saturated carbocycles. The zero-order chi connectivity index (χ0) is 11.6. The monoisotopic (exact) mass is 192 g/mol. The van der Waals surface area contributed by atoms with Crippen LogP contribution in [0, 0.1) is 0 Å². The van der Waals surface area contributed by atoms with E-state index in [0.717, 1.165) is 22.3 Å². The van der Waals surface area contributed by atoms with Crippen LogP contribution < -0.4 is 0 Å². The fourth-order valence-electron chi connectivity index (χ4n) is 1.68. The highest BCUT2D eigenvalue weighted by Gasteiger charge is 2.33. The minimum Gasteiger partial charge on any atom is -0.0985 e. The Hall–Kier alpha value is -1.17. The van der Waals surface area contributed by atoms with Crippen molar-refractivity contribution in [2.24, 2.45) is 0 Å². The van der Waals surface area contributed by atoms with Crippen molar-refractivity contribution in [1.82, 2.24) is 0 Å². The maximum atomic E-state index is 6.00. The molecule has 1 aliphatic rings. The summed E-state index contributed by atoms with van der Waals surface area (Å²) in [5, 5.41) is -0.934. The van der Waals surface area contributed by atoms with Gasteiger partial charge in [-0.2, -0.15) is 0 Å². The van der Waals surface area contributed by atoms with Gasteiger partial charge in [0.25, 0.3) is 0 Å². The fourth-order valence-corrected chi connectivity index (χ4v) is 1.68. The molecule has 15 heavy (non-hydrogen) atoms. The fraction of sp³-hybridized carbons (Fsp3) is 0.231. The molecule has 0 aliphatic heterocycles. The Balaban J connectivity index is 3.34. The van der Waals surface area contributed by atoms with Crippen molar-refractivity contribution in [3.05, 3.63) is 59.8 Å². The smallest absolute Gasteiger partial charge is 0.0741 e. The molecular weight excluding hydrogens is 178 g/mol. The average Bonchev–Trinajstić information content (AvgIpc) is 2.36. The highest BCUT2D eigenvalue weighted by Crippen LogP contribution is 2.50. The topological polar surface area (TPSA) is 0 Å². The minimum absolute atomic E-state index is 0.744. The summed E-state index contributed by atoms with van der Waals surface area (Å²) < 4.78 is 0. The van der Waals surface area contributed by atoms with Gasteiger partial charge in [-0.1, -0.05) is 53.8 Å². The molecule has 0 unspecified atom stereocenters. The minimum atomic E-state index is -0.934. The van der Waals surface area contributed by atoms with Crippen molar-refractivity contribution >= 4 is 15.7 Å². The van der Waals surface area contributed by atoms with E-state index in [2.05, 4.69) is 13.2 Å². The average molecular weight is 192 g/mol. The lowest BCUT2D eigenvalue weighted by atomic mass is 9.49. The maximum Gasteiger partial charge on any atom is 0.0741 e. The van der Waals surface area contributed by atoms with Gasteiger partial charge in [0.2, 0.25) is 0 Å². The van der Waals surface area contributed by atoms with Gasteiger partial charge in [0.1, 0.15) is 0 Å². The molecule has 0 aromatic rings. The van der Waals surface area contributed by atoms with Gasteiger partial charge < -0.3 is 0 Å². The van der Waals surface area contributed by atoms with E-state index >= 15 is 0 Å². The third-order valence-corrected chi connectivity index (χ3v) is 2.80. The Morgan fingerprint density at radius 3 is 2.40 bits per heavy atom. The van der Waals surface area contributed by atoms with Crippen molar-refractivity contribution in [2.75, 3.05) is 0 Å². The van der Waals surface area contributed by atoms with Crippen LogP contribution in [0.25, 0.3) is 0 Å². The van der Waals surface area contributed by atoms with Crippen LogP contribution in [0.4, 0.5) is 0 Å². The summed E-state index contributed by atoms with van der Waals surface area (Å²) >= 11 is 0. The first-order valence-electron chi connectivity index (χ1n) is 4.91. The Bertz CT molecular complexity index is 393. The highest BCUT2D eigenvalue weighted by molar-refractivity contribution is 6.45. The van der Waals surface area contributed by atoms with Gasteiger partial charge in [0.15, 0.2) is 0 Å². The Labute approximate surface area is 95.0 Å². The van der Waals surface area contributed by atoms with Crippen molar-refractivity contribution in [3.63, 3.8) is 0 Å². The van der Waals surface area contributed by atoms with E-state index < -0.39 is 5.21 Å². The number of hydrogen-bond acceptors (Lipinski definition) is 0. The van der Waals surface area contributed by atoms with Gasteiger partial charge >= 0.3 is 0 Å². The first kappa shape index (κ1) is 11.9. The number of hydrogen-bond donors (Lipinski definition) is 0. The van der Waals surface area contributed by atoms with Crippen LogP contribution in [0.3, 0.4) is 0 Å². The summed E-state index contributed by atoms with van der Waals surface area (Å²) in [7, 11) is 12.0. The molecule has 0 spiro atoms. The third-order valence-electron chi connectivity index (χ3n) is 2.80. The van der Waals surface area contributed by atoms with Gasteiger partial charge in [-0.25, -0.2) is 0 Å². The lowest BCUT2D eigenvalue weighted by molar-refractivity contribution is 1.09. The Morgan fingerprint density at radius 2 is 1.93 bits per heavy atom. The maximum absolute atomic E-state index is 6.00. The van der Waals surface area contributed by atoms with Gasteiger partial charge in [-0.15, -0.1) is 0 Å². The van der Waals surface area contributed by atoms with Crippen molar-refractivity contribution in [3.8, 4) is 0 Å². The van der Waals surface area contributed by atoms with Gasteiger partial charge in [-0.05, 0) is 25.0 Å². The second kappa shape index (κ2) is 4.14. The summed E-state index contributed by atoms with van der Waals surface area (Å²) in [6, 6.07) is 0. The SMILES string of the molecule is [B]C1([B])C(=C)/C(=C\C=C/C)C(C=C)=C1C. The molecule has 0 fully saturated rings. The molecule has 4 radical (unpaired) electrons. The van der Waals surface area contributed by atoms with Crippen LogP contribution >= 0.6 is 0 Å². The van der Waals surface area contributed by atoms with E-state index in [1.54, 1.807) is 6.08 Å². The molecule has 0 heterocycles. The third kappa shape index (κ3) is 1.81. The van der Waals surface area contributed by atoms with Gasteiger partial charge in [-0.3, -0.25) is 0 Å². The van der Waals surface area contributed by atoms with Crippen LogP contribution in [0.2, 0.25) is 5.21 Å². The molecule has 0 aromatic carbocycles.